The lowest BCUT2D eigenvalue weighted by Gasteiger charge is -2.14. The summed E-state index contributed by atoms with van der Waals surface area (Å²) in [6, 6.07) is 6.55. The van der Waals surface area contributed by atoms with Crippen molar-refractivity contribution in [2.75, 3.05) is 5.32 Å². The van der Waals surface area contributed by atoms with Gasteiger partial charge in [0.15, 0.2) is 5.82 Å². The number of rotatable bonds is 4. The van der Waals surface area contributed by atoms with Crippen LogP contribution in [0.4, 0.5) is 10.1 Å². The van der Waals surface area contributed by atoms with Crippen LogP contribution in [0.1, 0.15) is 43.4 Å². The molecule has 1 amide bonds. The molecule has 0 radical (unpaired) electrons. The van der Waals surface area contributed by atoms with Gasteiger partial charge in [0.05, 0.1) is 10.7 Å². The molecule has 0 heterocycles. The van der Waals surface area contributed by atoms with Crippen molar-refractivity contribution in [1.29, 1.82) is 0 Å². The molecule has 0 saturated carbocycles. The highest BCUT2D eigenvalue weighted by molar-refractivity contribution is 6.36. The Kier molecular flexibility index (Phi) is 5.73. The molecule has 0 aliphatic carbocycles. The van der Waals surface area contributed by atoms with Crippen molar-refractivity contribution in [2.45, 2.75) is 33.1 Å². The smallest absolute Gasteiger partial charge is 0.221 e. The molecule has 6 heteroatoms. The third-order valence-electron chi connectivity index (χ3n) is 3.66. The number of halogens is 3. The van der Waals surface area contributed by atoms with Crippen LogP contribution in [0.5, 0.6) is 5.75 Å². The second-order valence-electron chi connectivity index (χ2n) is 5.92. The van der Waals surface area contributed by atoms with Crippen LogP contribution >= 0.6 is 23.2 Å². The summed E-state index contributed by atoms with van der Waals surface area (Å²) < 4.78 is 14.3. The van der Waals surface area contributed by atoms with E-state index in [1.54, 1.807) is 12.1 Å². The molecule has 0 fully saturated rings. The Labute approximate surface area is 150 Å². The zero-order valence-electron chi connectivity index (χ0n) is 13.6. The molecule has 0 atom stereocenters. The van der Waals surface area contributed by atoms with Crippen LogP contribution in [0.2, 0.25) is 10.0 Å². The van der Waals surface area contributed by atoms with Crippen LogP contribution in [-0.2, 0) is 11.2 Å². The van der Waals surface area contributed by atoms with Crippen molar-refractivity contribution in [1.82, 2.24) is 0 Å². The standard InChI is InChI=1S/C18H18Cl2FNO2/c1-9(2)12-6-11(4-5-16(12)24)7-13-14(19)8-15(22-10(3)23)18(21)17(13)20/h4-6,8-9,24H,7H2,1-3H3,(H,22,23). The van der Waals surface area contributed by atoms with E-state index in [0.29, 0.717) is 12.0 Å². The van der Waals surface area contributed by atoms with Crippen LogP contribution in [0, 0.1) is 5.82 Å². The lowest BCUT2D eigenvalue weighted by Crippen LogP contribution is -2.09. The molecule has 0 saturated heterocycles. The number of hydrogen-bond acceptors (Lipinski definition) is 2. The van der Waals surface area contributed by atoms with Crippen molar-refractivity contribution in [3.8, 4) is 5.75 Å². The number of aromatic hydroxyl groups is 1. The highest BCUT2D eigenvalue weighted by atomic mass is 35.5. The molecule has 2 aromatic carbocycles. The summed E-state index contributed by atoms with van der Waals surface area (Å²) in [7, 11) is 0. The maximum absolute atomic E-state index is 14.3. The van der Waals surface area contributed by atoms with Crippen LogP contribution < -0.4 is 5.32 Å². The number of phenolic OH excluding ortho intramolecular Hbond substituents is 1. The minimum atomic E-state index is -0.714. The van der Waals surface area contributed by atoms with E-state index >= 15 is 0 Å². The summed E-state index contributed by atoms with van der Waals surface area (Å²) in [5.74, 6) is -0.754. The largest absolute Gasteiger partial charge is 0.508 e. The third-order valence-corrected chi connectivity index (χ3v) is 4.39. The van der Waals surface area contributed by atoms with E-state index in [9.17, 15) is 14.3 Å². The fraction of sp³-hybridized carbons (Fsp3) is 0.278. The van der Waals surface area contributed by atoms with Crippen molar-refractivity contribution < 1.29 is 14.3 Å². The van der Waals surface area contributed by atoms with Crippen molar-refractivity contribution in [2.24, 2.45) is 0 Å². The summed E-state index contributed by atoms with van der Waals surface area (Å²) in [6.07, 6.45) is 0.314. The SMILES string of the molecule is CC(=O)Nc1cc(Cl)c(Cc2ccc(O)c(C(C)C)c2)c(Cl)c1F. The average Bonchev–Trinajstić information content (AvgIpc) is 2.49. The van der Waals surface area contributed by atoms with E-state index in [2.05, 4.69) is 5.32 Å². The normalized spacial score (nSPS) is 11.0. The van der Waals surface area contributed by atoms with E-state index in [1.807, 2.05) is 19.9 Å². The second kappa shape index (κ2) is 7.41. The van der Waals surface area contributed by atoms with Gasteiger partial charge in [0.1, 0.15) is 5.75 Å². The van der Waals surface area contributed by atoms with Gasteiger partial charge in [0.25, 0.3) is 0 Å². The van der Waals surface area contributed by atoms with Gasteiger partial charge in [0, 0.05) is 18.4 Å². The number of carbonyl (C=O) groups is 1. The summed E-state index contributed by atoms with van der Waals surface area (Å²) >= 11 is 12.3. The molecule has 0 spiro atoms. The van der Waals surface area contributed by atoms with Gasteiger partial charge < -0.3 is 10.4 Å². The summed E-state index contributed by atoms with van der Waals surface area (Å²) in [5, 5.41) is 12.4. The number of anilines is 1. The number of carbonyl (C=O) groups excluding carboxylic acids is 1. The minimum Gasteiger partial charge on any atom is -0.508 e. The lowest BCUT2D eigenvalue weighted by atomic mass is 9.96. The van der Waals surface area contributed by atoms with Crippen molar-refractivity contribution >= 4 is 34.8 Å². The van der Waals surface area contributed by atoms with Crippen molar-refractivity contribution in [3.63, 3.8) is 0 Å². The molecule has 2 N–H and O–H groups in total. The Bertz CT molecular complexity index is 791. The topological polar surface area (TPSA) is 49.3 Å². The highest BCUT2D eigenvalue weighted by Gasteiger charge is 2.18. The van der Waals surface area contributed by atoms with Crippen LogP contribution in [0.15, 0.2) is 24.3 Å². The molecule has 0 bridgehead atoms. The molecular formula is C18H18Cl2FNO2. The van der Waals surface area contributed by atoms with Crippen LogP contribution in [0.25, 0.3) is 0 Å². The zero-order chi connectivity index (χ0) is 18.0. The number of benzene rings is 2. The molecule has 2 rings (SSSR count). The van der Waals surface area contributed by atoms with Gasteiger partial charge in [-0.05, 0) is 34.7 Å². The van der Waals surface area contributed by atoms with Crippen molar-refractivity contribution in [3.05, 3.63) is 56.8 Å². The summed E-state index contributed by atoms with van der Waals surface area (Å²) in [5.41, 5.74) is 2.04. The Morgan fingerprint density at radius 1 is 1.29 bits per heavy atom. The molecule has 0 aromatic heterocycles. The quantitative estimate of drug-likeness (QED) is 0.697. The second-order valence-corrected chi connectivity index (χ2v) is 6.70. The molecule has 2 aromatic rings. The van der Waals surface area contributed by atoms with E-state index in [0.717, 1.165) is 11.1 Å². The van der Waals surface area contributed by atoms with Crippen LogP contribution in [-0.4, -0.2) is 11.0 Å². The maximum atomic E-state index is 14.3. The number of hydrogen-bond donors (Lipinski definition) is 2. The maximum Gasteiger partial charge on any atom is 0.221 e. The Hall–Kier alpha value is -1.78. The fourth-order valence-corrected chi connectivity index (χ4v) is 3.05. The lowest BCUT2D eigenvalue weighted by molar-refractivity contribution is -0.114. The number of amides is 1. The van der Waals surface area contributed by atoms with Gasteiger partial charge in [0.2, 0.25) is 5.91 Å². The molecule has 3 nitrogen and oxygen atoms in total. The molecule has 24 heavy (non-hydrogen) atoms. The first-order chi connectivity index (χ1) is 11.2. The van der Waals surface area contributed by atoms with Gasteiger partial charge in [-0.1, -0.05) is 49.2 Å². The molecule has 0 aliphatic rings. The van der Waals surface area contributed by atoms with E-state index < -0.39 is 11.7 Å². The molecular weight excluding hydrogens is 352 g/mol. The number of phenols is 1. The first-order valence-electron chi connectivity index (χ1n) is 7.46. The number of nitrogens with one attached hydrogen (secondary N) is 1. The van der Waals surface area contributed by atoms with Gasteiger partial charge in [-0.25, -0.2) is 4.39 Å². The average molecular weight is 370 g/mol. The van der Waals surface area contributed by atoms with E-state index in [-0.39, 0.29) is 27.4 Å². The summed E-state index contributed by atoms with van der Waals surface area (Å²) in [4.78, 5) is 11.1. The first kappa shape index (κ1) is 18.6. The monoisotopic (exact) mass is 369 g/mol. The Morgan fingerprint density at radius 2 is 1.96 bits per heavy atom. The molecule has 0 unspecified atom stereocenters. The zero-order valence-corrected chi connectivity index (χ0v) is 15.1. The molecule has 0 aliphatic heterocycles. The Balaban J connectivity index is 2.42. The Morgan fingerprint density at radius 3 is 2.54 bits per heavy atom. The first-order valence-corrected chi connectivity index (χ1v) is 8.22. The third kappa shape index (κ3) is 4.00. The summed E-state index contributed by atoms with van der Waals surface area (Å²) in [6.45, 7) is 5.22. The van der Waals surface area contributed by atoms with Gasteiger partial charge in [-0.3, -0.25) is 4.79 Å². The van der Waals surface area contributed by atoms with Gasteiger partial charge >= 0.3 is 0 Å². The van der Waals surface area contributed by atoms with E-state index in [1.165, 1.54) is 13.0 Å². The highest BCUT2D eigenvalue weighted by Crippen LogP contribution is 2.35. The molecule has 128 valence electrons. The fourth-order valence-electron chi connectivity index (χ4n) is 2.46. The van der Waals surface area contributed by atoms with Gasteiger partial charge in [-0.15, -0.1) is 0 Å². The van der Waals surface area contributed by atoms with E-state index in [4.69, 9.17) is 23.2 Å². The minimum absolute atomic E-state index is 0.0465. The predicted molar refractivity (Wildman–Crippen MR) is 95.7 cm³/mol. The predicted octanol–water partition coefficient (Wildman–Crippen LogP) is 5.51. The van der Waals surface area contributed by atoms with Crippen LogP contribution in [0.3, 0.4) is 0 Å². The van der Waals surface area contributed by atoms with Gasteiger partial charge in [-0.2, -0.15) is 0 Å².